The number of anilines is 2. The third-order valence-corrected chi connectivity index (χ3v) is 5.26. The maximum Gasteiger partial charge on any atom is 0.344 e. The number of benzene rings is 1. The first kappa shape index (κ1) is 16.8. The van der Waals surface area contributed by atoms with Crippen LogP contribution in [0.1, 0.15) is 0 Å². The lowest BCUT2D eigenvalue weighted by Crippen LogP contribution is -2.51. The van der Waals surface area contributed by atoms with Gasteiger partial charge in [0.25, 0.3) is 10.0 Å². The number of halogens is 1. The van der Waals surface area contributed by atoms with Crippen LogP contribution in [-0.4, -0.2) is 43.4 Å². The van der Waals surface area contributed by atoms with Crippen molar-refractivity contribution in [1.82, 2.24) is 9.29 Å². The lowest BCUT2D eigenvalue weighted by Gasteiger charge is -2.34. The number of carbonyl (C=O) groups excluding carboxylic acids is 2. The van der Waals surface area contributed by atoms with E-state index in [9.17, 15) is 22.4 Å². The molecule has 1 aromatic carbocycles. The lowest BCUT2D eigenvalue weighted by atomic mass is 10.2. The van der Waals surface area contributed by atoms with Crippen molar-refractivity contribution < 1.29 is 27.1 Å². The number of esters is 1. The highest BCUT2D eigenvalue weighted by Crippen LogP contribution is 2.37. The molecule has 0 spiro atoms. The molecule has 0 N–H and O–H groups in total. The van der Waals surface area contributed by atoms with E-state index in [2.05, 4.69) is 9.72 Å². The Bertz CT molecular complexity index is 946. The first-order valence-corrected chi connectivity index (χ1v) is 8.44. The number of urea groups is 1. The van der Waals surface area contributed by atoms with E-state index < -0.39 is 34.4 Å². The Kier molecular flexibility index (Phi) is 4.13. The molecule has 25 heavy (non-hydrogen) atoms. The van der Waals surface area contributed by atoms with Gasteiger partial charge in [0.15, 0.2) is 5.82 Å². The van der Waals surface area contributed by atoms with E-state index in [-0.39, 0.29) is 16.4 Å². The van der Waals surface area contributed by atoms with Gasteiger partial charge in [0, 0.05) is 6.20 Å². The number of amides is 2. The summed E-state index contributed by atoms with van der Waals surface area (Å²) >= 11 is 0. The number of pyridine rings is 1. The standard InChI is InChI=1S/C15H12FN3O5S/c1-24-13(20)9-18-15(21)19(11-6-4-10(16)5-7-11)14-12(25(18,22)23)3-2-8-17-14/h2-8H,9H2,1H3. The first-order chi connectivity index (χ1) is 11.9. The van der Waals surface area contributed by atoms with E-state index in [1.165, 1.54) is 30.5 Å². The molecular weight excluding hydrogens is 353 g/mol. The second kappa shape index (κ2) is 6.13. The summed E-state index contributed by atoms with van der Waals surface area (Å²) in [5, 5.41) is 0. The fourth-order valence-electron chi connectivity index (χ4n) is 2.33. The van der Waals surface area contributed by atoms with Crippen LogP contribution in [0.5, 0.6) is 0 Å². The molecule has 0 aliphatic carbocycles. The molecule has 8 nitrogen and oxygen atoms in total. The average Bonchev–Trinajstić information content (AvgIpc) is 2.60. The van der Waals surface area contributed by atoms with Gasteiger partial charge in [-0.3, -0.25) is 4.79 Å². The summed E-state index contributed by atoms with van der Waals surface area (Å²) in [6, 6.07) is 6.51. The Labute approximate surface area is 142 Å². The quantitative estimate of drug-likeness (QED) is 0.768. The smallest absolute Gasteiger partial charge is 0.344 e. The Morgan fingerprint density at radius 2 is 1.92 bits per heavy atom. The minimum absolute atomic E-state index is 0.125. The fourth-order valence-corrected chi connectivity index (χ4v) is 3.76. The summed E-state index contributed by atoms with van der Waals surface area (Å²) in [4.78, 5) is 29.0. The third kappa shape index (κ3) is 2.80. The molecule has 1 aliphatic rings. The van der Waals surface area contributed by atoms with Crippen molar-refractivity contribution in [3.8, 4) is 0 Å². The maximum atomic E-state index is 13.2. The molecule has 0 saturated carbocycles. The lowest BCUT2D eigenvalue weighted by molar-refractivity contribution is -0.140. The van der Waals surface area contributed by atoms with Gasteiger partial charge in [0.2, 0.25) is 0 Å². The molecule has 3 rings (SSSR count). The number of nitrogens with zero attached hydrogens (tertiary/aromatic N) is 3. The molecule has 0 radical (unpaired) electrons. The number of rotatable bonds is 3. The highest BCUT2D eigenvalue weighted by Gasteiger charge is 2.44. The van der Waals surface area contributed by atoms with E-state index >= 15 is 0 Å². The predicted molar refractivity (Wildman–Crippen MR) is 84.1 cm³/mol. The number of hydrogen-bond donors (Lipinski definition) is 0. The number of fused-ring (bicyclic) bond motifs is 1. The minimum atomic E-state index is -4.28. The molecule has 0 saturated heterocycles. The van der Waals surface area contributed by atoms with E-state index in [0.717, 1.165) is 24.1 Å². The van der Waals surface area contributed by atoms with Crippen LogP contribution in [-0.2, 0) is 19.6 Å². The maximum absolute atomic E-state index is 13.2. The fraction of sp³-hybridized carbons (Fsp3) is 0.133. The van der Waals surface area contributed by atoms with Gasteiger partial charge in [-0.15, -0.1) is 0 Å². The van der Waals surface area contributed by atoms with Crippen molar-refractivity contribution in [1.29, 1.82) is 0 Å². The van der Waals surface area contributed by atoms with Gasteiger partial charge in [0.05, 0.1) is 12.8 Å². The molecule has 1 aromatic heterocycles. The van der Waals surface area contributed by atoms with Gasteiger partial charge in [-0.1, -0.05) is 0 Å². The molecule has 1 aliphatic heterocycles. The van der Waals surface area contributed by atoms with Gasteiger partial charge in [-0.25, -0.2) is 31.8 Å². The van der Waals surface area contributed by atoms with Gasteiger partial charge in [0.1, 0.15) is 17.3 Å². The SMILES string of the molecule is COC(=O)CN1C(=O)N(c2ccc(F)cc2)c2ncccc2S1(=O)=O. The normalized spacial score (nSPS) is 15.7. The third-order valence-electron chi connectivity index (χ3n) is 3.52. The van der Waals surface area contributed by atoms with Crippen LogP contribution in [0.2, 0.25) is 0 Å². The zero-order chi connectivity index (χ0) is 18.2. The molecule has 10 heteroatoms. The van der Waals surface area contributed by atoms with Crippen molar-refractivity contribution in [3.63, 3.8) is 0 Å². The van der Waals surface area contributed by atoms with Crippen molar-refractivity contribution in [2.75, 3.05) is 18.6 Å². The Hall–Kier alpha value is -3.01. The molecule has 130 valence electrons. The summed E-state index contributed by atoms with van der Waals surface area (Å²) in [5.41, 5.74) is 0.205. The highest BCUT2D eigenvalue weighted by atomic mass is 32.2. The molecule has 0 unspecified atom stereocenters. The van der Waals surface area contributed by atoms with Crippen molar-refractivity contribution >= 4 is 33.5 Å². The summed E-state index contributed by atoms with van der Waals surface area (Å²) < 4.78 is 43.4. The van der Waals surface area contributed by atoms with Crippen LogP contribution in [0, 0.1) is 5.82 Å². The van der Waals surface area contributed by atoms with Crippen molar-refractivity contribution in [2.45, 2.75) is 4.90 Å². The summed E-state index contributed by atoms with van der Waals surface area (Å²) in [6.45, 7) is -0.788. The van der Waals surface area contributed by atoms with Crippen LogP contribution < -0.4 is 4.90 Å². The van der Waals surface area contributed by atoms with E-state index in [1.54, 1.807) is 0 Å². The average molecular weight is 365 g/mol. The number of methoxy groups -OCH3 is 1. The molecule has 0 bridgehead atoms. The predicted octanol–water partition coefficient (Wildman–Crippen LogP) is 1.66. The molecule has 2 heterocycles. The zero-order valence-electron chi connectivity index (χ0n) is 12.9. The van der Waals surface area contributed by atoms with E-state index in [0.29, 0.717) is 4.31 Å². The Morgan fingerprint density at radius 1 is 1.24 bits per heavy atom. The number of hydrogen-bond acceptors (Lipinski definition) is 6. The largest absolute Gasteiger partial charge is 0.468 e. The van der Waals surface area contributed by atoms with Crippen LogP contribution in [0.4, 0.5) is 20.7 Å². The van der Waals surface area contributed by atoms with Gasteiger partial charge >= 0.3 is 12.0 Å². The minimum Gasteiger partial charge on any atom is -0.468 e. The topological polar surface area (TPSA) is 96.9 Å². The van der Waals surface area contributed by atoms with Gasteiger partial charge in [-0.05, 0) is 36.4 Å². The Balaban J connectivity index is 2.19. The Morgan fingerprint density at radius 3 is 2.56 bits per heavy atom. The first-order valence-electron chi connectivity index (χ1n) is 7.00. The van der Waals surface area contributed by atoms with E-state index in [1.807, 2.05) is 0 Å². The monoisotopic (exact) mass is 365 g/mol. The molecule has 2 aromatic rings. The highest BCUT2D eigenvalue weighted by molar-refractivity contribution is 7.90. The second-order valence-electron chi connectivity index (χ2n) is 5.01. The number of ether oxygens (including phenoxy) is 1. The molecule has 2 amide bonds. The number of sulfonamides is 1. The van der Waals surface area contributed by atoms with Crippen LogP contribution in [0.25, 0.3) is 0 Å². The zero-order valence-corrected chi connectivity index (χ0v) is 13.7. The second-order valence-corrected chi connectivity index (χ2v) is 6.84. The van der Waals surface area contributed by atoms with Crippen molar-refractivity contribution in [3.05, 3.63) is 48.4 Å². The summed E-state index contributed by atoms with van der Waals surface area (Å²) in [7, 11) is -3.20. The van der Waals surface area contributed by atoms with Crippen LogP contribution in [0.15, 0.2) is 47.5 Å². The van der Waals surface area contributed by atoms with E-state index in [4.69, 9.17) is 0 Å². The van der Waals surface area contributed by atoms with Crippen LogP contribution >= 0.6 is 0 Å². The number of carbonyl (C=O) groups is 2. The van der Waals surface area contributed by atoms with Gasteiger partial charge in [-0.2, -0.15) is 0 Å². The van der Waals surface area contributed by atoms with Crippen molar-refractivity contribution in [2.24, 2.45) is 0 Å². The molecular formula is C15H12FN3O5S. The number of aromatic nitrogens is 1. The van der Waals surface area contributed by atoms with Crippen LogP contribution in [0.3, 0.4) is 0 Å². The summed E-state index contributed by atoms with van der Waals surface area (Å²) in [5.74, 6) is -1.54. The molecule has 0 fully saturated rings. The molecule has 0 atom stereocenters. The van der Waals surface area contributed by atoms with Gasteiger partial charge < -0.3 is 4.74 Å². The summed E-state index contributed by atoms with van der Waals surface area (Å²) in [6.07, 6.45) is 1.33.